The van der Waals surface area contributed by atoms with Crippen molar-refractivity contribution in [1.82, 2.24) is 24.7 Å². The number of imidazole rings is 1. The molecule has 0 aliphatic heterocycles. The maximum atomic E-state index is 9.87. The van der Waals surface area contributed by atoms with Crippen molar-refractivity contribution in [3.05, 3.63) is 77.0 Å². The summed E-state index contributed by atoms with van der Waals surface area (Å²) in [6.45, 7) is 7.81. The molecule has 3 heterocycles. The summed E-state index contributed by atoms with van der Waals surface area (Å²) in [6.07, 6.45) is 3.60. The number of rotatable bonds is 7. The van der Waals surface area contributed by atoms with Gasteiger partial charge in [0.15, 0.2) is 5.82 Å². The Bertz CT molecular complexity index is 1280. The van der Waals surface area contributed by atoms with E-state index in [0.717, 1.165) is 33.8 Å². The van der Waals surface area contributed by atoms with Crippen molar-refractivity contribution in [1.29, 1.82) is 0 Å². The van der Waals surface area contributed by atoms with E-state index in [9.17, 15) is 5.11 Å². The number of nitrogens with zero attached hydrogens (tertiary/aromatic N) is 5. The van der Waals surface area contributed by atoms with Crippen LogP contribution in [0.1, 0.15) is 41.0 Å². The van der Waals surface area contributed by atoms with Gasteiger partial charge in [-0.25, -0.2) is 9.97 Å². The number of hydrogen-bond acceptors (Lipinski definition) is 7. The van der Waals surface area contributed by atoms with Crippen molar-refractivity contribution in [3.63, 3.8) is 0 Å². The Balaban J connectivity index is 1.57. The van der Waals surface area contributed by atoms with Crippen LogP contribution in [-0.4, -0.2) is 36.9 Å². The van der Waals surface area contributed by atoms with Gasteiger partial charge in [0.05, 0.1) is 48.9 Å². The number of anilines is 1. The highest BCUT2D eigenvalue weighted by Gasteiger charge is 2.14. The molecule has 0 saturated carbocycles. The first kappa shape index (κ1) is 22.4. The summed E-state index contributed by atoms with van der Waals surface area (Å²) in [5.41, 5.74) is 6.67. The number of aromatic nitrogens is 5. The normalized spacial score (nSPS) is 11.9. The predicted octanol–water partition coefficient (Wildman–Crippen LogP) is 4.32. The van der Waals surface area contributed by atoms with Crippen LogP contribution in [0.5, 0.6) is 5.75 Å². The van der Waals surface area contributed by atoms with Gasteiger partial charge < -0.3 is 19.7 Å². The van der Waals surface area contributed by atoms with Crippen molar-refractivity contribution in [2.45, 2.75) is 40.3 Å². The zero-order chi connectivity index (χ0) is 23.5. The molecule has 0 unspecified atom stereocenters. The van der Waals surface area contributed by atoms with E-state index < -0.39 is 0 Å². The summed E-state index contributed by atoms with van der Waals surface area (Å²) in [6, 6.07) is 11.9. The van der Waals surface area contributed by atoms with Crippen LogP contribution in [0.25, 0.3) is 17.1 Å². The van der Waals surface area contributed by atoms with Crippen LogP contribution in [0.4, 0.5) is 5.82 Å². The van der Waals surface area contributed by atoms with E-state index >= 15 is 0 Å². The Morgan fingerprint density at radius 3 is 2.52 bits per heavy atom. The highest BCUT2D eigenvalue weighted by molar-refractivity contribution is 5.60. The molecule has 2 N–H and O–H groups in total. The van der Waals surface area contributed by atoms with Gasteiger partial charge in [-0.15, -0.1) is 10.2 Å². The first-order valence-electron chi connectivity index (χ1n) is 10.8. The van der Waals surface area contributed by atoms with Gasteiger partial charge in [-0.2, -0.15) is 0 Å². The van der Waals surface area contributed by atoms with Gasteiger partial charge in [0.2, 0.25) is 0 Å². The standard InChI is InChI=1S/C25H28N6O2/c1-15-6-7-19(11-24(15)33-5)18(4)27-25-16(2)10-21(29-30-25)20-8-9-23(22(13-32)28-20)31-12-17(3)26-14-31/h6-12,14,18,32H,13H2,1-5H3,(H,27,30)/t18-/m0/s1. The van der Waals surface area contributed by atoms with Gasteiger partial charge in [0, 0.05) is 6.20 Å². The molecule has 0 radical (unpaired) electrons. The van der Waals surface area contributed by atoms with Gasteiger partial charge >= 0.3 is 0 Å². The number of aryl methyl sites for hydroxylation is 3. The lowest BCUT2D eigenvalue weighted by Gasteiger charge is -2.18. The number of benzene rings is 1. The third kappa shape index (κ3) is 4.70. The Morgan fingerprint density at radius 2 is 1.85 bits per heavy atom. The zero-order valence-corrected chi connectivity index (χ0v) is 19.5. The monoisotopic (exact) mass is 444 g/mol. The maximum Gasteiger partial charge on any atom is 0.152 e. The van der Waals surface area contributed by atoms with Gasteiger partial charge in [0.1, 0.15) is 11.4 Å². The van der Waals surface area contributed by atoms with Crippen LogP contribution < -0.4 is 10.1 Å². The van der Waals surface area contributed by atoms with Gasteiger partial charge in [-0.3, -0.25) is 0 Å². The van der Waals surface area contributed by atoms with Crippen molar-refractivity contribution < 1.29 is 9.84 Å². The maximum absolute atomic E-state index is 9.87. The Hall–Kier alpha value is -3.78. The summed E-state index contributed by atoms with van der Waals surface area (Å²) in [4.78, 5) is 8.87. The summed E-state index contributed by atoms with van der Waals surface area (Å²) in [5.74, 6) is 1.57. The fraction of sp³-hybridized carbons (Fsp3) is 0.280. The zero-order valence-electron chi connectivity index (χ0n) is 19.5. The lowest BCUT2D eigenvalue weighted by molar-refractivity contribution is 0.276. The fourth-order valence-corrected chi connectivity index (χ4v) is 3.69. The SMILES string of the molecule is COc1cc([C@H](C)Nc2nnc(-c3ccc(-n4cnc(C)c4)c(CO)n3)cc2C)ccc1C. The van der Waals surface area contributed by atoms with E-state index in [0.29, 0.717) is 22.9 Å². The first-order valence-corrected chi connectivity index (χ1v) is 10.8. The van der Waals surface area contributed by atoms with Gasteiger partial charge in [0.25, 0.3) is 0 Å². The number of methoxy groups -OCH3 is 1. The number of nitrogens with one attached hydrogen (secondary N) is 1. The molecule has 0 aliphatic rings. The molecule has 1 atom stereocenters. The quantitative estimate of drug-likeness (QED) is 0.438. The minimum atomic E-state index is -0.190. The number of ether oxygens (including phenoxy) is 1. The second-order valence-corrected chi connectivity index (χ2v) is 8.10. The molecule has 0 aliphatic carbocycles. The molecule has 170 valence electrons. The number of aliphatic hydroxyl groups excluding tert-OH is 1. The summed E-state index contributed by atoms with van der Waals surface area (Å²) in [7, 11) is 1.68. The van der Waals surface area contributed by atoms with Gasteiger partial charge in [-0.1, -0.05) is 12.1 Å². The molecule has 0 spiro atoms. The van der Waals surface area contributed by atoms with E-state index in [1.54, 1.807) is 13.4 Å². The van der Waals surface area contributed by atoms with Crippen molar-refractivity contribution in [2.24, 2.45) is 0 Å². The Morgan fingerprint density at radius 1 is 1.03 bits per heavy atom. The minimum absolute atomic E-state index is 0.0235. The van der Waals surface area contributed by atoms with Crippen LogP contribution in [0.2, 0.25) is 0 Å². The average molecular weight is 445 g/mol. The summed E-state index contributed by atoms with van der Waals surface area (Å²) >= 11 is 0. The molecule has 0 fully saturated rings. The molecule has 8 nitrogen and oxygen atoms in total. The van der Waals surface area contributed by atoms with E-state index in [1.807, 2.05) is 61.9 Å². The van der Waals surface area contributed by atoms with E-state index in [-0.39, 0.29) is 12.6 Å². The highest BCUT2D eigenvalue weighted by Crippen LogP contribution is 2.27. The van der Waals surface area contributed by atoms with Crippen LogP contribution in [0, 0.1) is 20.8 Å². The topological polar surface area (TPSA) is 98.0 Å². The van der Waals surface area contributed by atoms with Crippen LogP contribution in [0.15, 0.2) is 48.9 Å². The van der Waals surface area contributed by atoms with Crippen LogP contribution in [-0.2, 0) is 6.61 Å². The molecular weight excluding hydrogens is 416 g/mol. The third-order valence-electron chi connectivity index (χ3n) is 5.62. The molecule has 0 saturated heterocycles. The van der Waals surface area contributed by atoms with Gasteiger partial charge in [-0.05, 0) is 68.7 Å². The summed E-state index contributed by atoms with van der Waals surface area (Å²) < 4.78 is 7.30. The van der Waals surface area contributed by atoms with Crippen LogP contribution >= 0.6 is 0 Å². The third-order valence-corrected chi connectivity index (χ3v) is 5.62. The minimum Gasteiger partial charge on any atom is -0.496 e. The molecule has 0 amide bonds. The lowest BCUT2D eigenvalue weighted by Crippen LogP contribution is -2.11. The molecule has 3 aromatic heterocycles. The van der Waals surface area contributed by atoms with E-state index in [1.165, 1.54) is 0 Å². The van der Waals surface area contributed by atoms with Crippen molar-refractivity contribution in [3.8, 4) is 22.8 Å². The van der Waals surface area contributed by atoms with E-state index in [2.05, 4.69) is 38.5 Å². The van der Waals surface area contributed by atoms with Crippen molar-refractivity contribution in [2.75, 3.05) is 12.4 Å². The predicted molar refractivity (Wildman–Crippen MR) is 128 cm³/mol. The molecule has 8 heteroatoms. The number of aliphatic hydroxyl groups is 1. The summed E-state index contributed by atoms with van der Waals surface area (Å²) in [5, 5.41) is 22.1. The molecular formula is C25H28N6O2. The first-order chi connectivity index (χ1) is 15.9. The Kier molecular flexibility index (Phi) is 6.37. The Labute approximate surface area is 193 Å². The largest absolute Gasteiger partial charge is 0.496 e. The molecule has 4 aromatic rings. The average Bonchev–Trinajstić information content (AvgIpc) is 3.26. The lowest BCUT2D eigenvalue weighted by atomic mass is 10.1. The second kappa shape index (κ2) is 9.38. The molecule has 0 bridgehead atoms. The smallest absolute Gasteiger partial charge is 0.152 e. The molecule has 33 heavy (non-hydrogen) atoms. The highest BCUT2D eigenvalue weighted by atomic mass is 16.5. The second-order valence-electron chi connectivity index (χ2n) is 8.10. The number of hydrogen-bond donors (Lipinski definition) is 2. The van der Waals surface area contributed by atoms with E-state index in [4.69, 9.17) is 4.74 Å². The molecule has 4 rings (SSSR count). The molecule has 1 aromatic carbocycles. The van der Waals surface area contributed by atoms with Crippen molar-refractivity contribution >= 4 is 5.82 Å². The van der Waals surface area contributed by atoms with Crippen LogP contribution in [0.3, 0.4) is 0 Å². The number of pyridine rings is 1. The fourth-order valence-electron chi connectivity index (χ4n) is 3.69.